The molecule has 2 aliphatic rings. The number of carbonyl (C=O) groups excluding carboxylic acids is 1. The number of rotatable bonds is 3. The largest absolute Gasteiger partial charge is 0.443 e. The molecule has 150 valence electrons. The lowest BCUT2D eigenvalue weighted by molar-refractivity contribution is -0.135. The summed E-state index contributed by atoms with van der Waals surface area (Å²) in [6, 6.07) is 7.97. The monoisotopic (exact) mass is 399 g/mol. The van der Waals surface area contributed by atoms with Gasteiger partial charge >= 0.3 is 0 Å². The van der Waals surface area contributed by atoms with Crippen molar-refractivity contribution in [3.63, 3.8) is 0 Å². The summed E-state index contributed by atoms with van der Waals surface area (Å²) in [5.74, 6) is 2.16. The molecule has 7 heteroatoms. The molecule has 3 aromatic heterocycles. The molecular weight excluding hydrogens is 378 g/mol. The second-order valence-electron chi connectivity index (χ2n) is 8.21. The van der Waals surface area contributed by atoms with Gasteiger partial charge in [-0.3, -0.25) is 9.78 Å². The first-order valence-corrected chi connectivity index (χ1v) is 10.3. The number of aromatic nitrogens is 4. The third-order valence-corrected chi connectivity index (χ3v) is 6.16. The van der Waals surface area contributed by atoms with Crippen LogP contribution in [0, 0.1) is 0 Å². The number of pyridine rings is 1. The number of benzene rings is 1. The van der Waals surface area contributed by atoms with Crippen molar-refractivity contribution in [2.75, 3.05) is 7.05 Å². The predicted molar refractivity (Wildman–Crippen MR) is 112 cm³/mol. The average molecular weight is 399 g/mol. The Morgan fingerprint density at radius 3 is 2.83 bits per heavy atom. The van der Waals surface area contributed by atoms with Crippen molar-refractivity contribution >= 4 is 16.7 Å². The van der Waals surface area contributed by atoms with Crippen LogP contribution < -0.4 is 0 Å². The molecule has 1 aromatic carbocycles. The van der Waals surface area contributed by atoms with Crippen molar-refractivity contribution in [2.45, 2.75) is 38.3 Å². The minimum Gasteiger partial charge on any atom is -0.443 e. The van der Waals surface area contributed by atoms with E-state index >= 15 is 0 Å². The van der Waals surface area contributed by atoms with Crippen LogP contribution in [0.4, 0.5) is 0 Å². The molecule has 0 radical (unpaired) electrons. The maximum Gasteiger partial charge on any atom is 0.245 e. The molecule has 1 atom stereocenters. The fourth-order valence-corrected chi connectivity index (χ4v) is 4.49. The minimum atomic E-state index is -0.222. The molecule has 1 saturated carbocycles. The smallest absolute Gasteiger partial charge is 0.245 e. The third-order valence-electron chi connectivity index (χ3n) is 6.16. The van der Waals surface area contributed by atoms with Gasteiger partial charge in [-0.1, -0.05) is 18.2 Å². The zero-order chi connectivity index (χ0) is 20.4. The van der Waals surface area contributed by atoms with Crippen molar-refractivity contribution in [3.05, 3.63) is 54.4 Å². The number of oxazole rings is 1. The van der Waals surface area contributed by atoms with Crippen molar-refractivity contribution in [1.29, 1.82) is 0 Å². The van der Waals surface area contributed by atoms with Crippen LogP contribution in [0.5, 0.6) is 0 Å². The topological polar surface area (TPSA) is 77.1 Å². The second kappa shape index (κ2) is 6.26. The van der Waals surface area contributed by atoms with Gasteiger partial charge in [0.05, 0.1) is 24.1 Å². The lowest BCUT2D eigenvalue weighted by atomic mass is 10.0. The fraction of sp³-hybridized carbons (Fsp3) is 0.304. The van der Waals surface area contributed by atoms with Crippen LogP contribution >= 0.6 is 0 Å². The molecule has 1 fully saturated rings. The summed E-state index contributed by atoms with van der Waals surface area (Å²) < 4.78 is 7.58. The number of hydrogen-bond acceptors (Lipinski definition) is 5. The van der Waals surface area contributed by atoms with Gasteiger partial charge in [-0.25, -0.2) is 9.97 Å². The minimum absolute atomic E-state index is 0.142. The SMILES string of the molecule is C[C@@H]1C(=O)N(C)Cc2c(-c3cccc4cc(-c5ncco5)ncc34)nc(C3CC3)n21. The molecule has 0 unspecified atom stereocenters. The molecule has 30 heavy (non-hydrogen) atoms. The van der Waals surface area contributed by atoms with Gasteiger partial charge in [0.1, 0.15) is 23.8 Å². The molecule has 0 bridgehead atoms. The van der Waals surface area contributed by atoms with Crippen LogP contribution in [-0.4, -0.2) is 37.4 Å². The maximum absolute atomic E-state index is 12.6. The highest BCUT2D eigenvalue weighted by Crippen LogP contribution is 2.45. The highest BCUT2D eigenvalue weighted by atomic mass is 16.3. The van der Waals surface area contributed by atoms with E-state index in [-0.39, 0.29) is 11.9 Å². The Balaban J connectivity index is 1.55. The van der Waals surface area contributed by atoms with Gasteiger partial charge in [-0.05, 0) is 31.2 Å². The van der Waals surface area contributed by atoms with Crippen LogP contribution in [0.15, 0.2) is 47.3 Å². The molecule has 0 saturated heterocycles. The molecule has 1 amide bonds. The van der Waals surface area contributed by atoms with Crippen LogP contribution in [0.25, 0.3) is 33.6 Å². The maximum atomic E-state index is 12.6. The zero-order valence-electron chi connectivity index (χ0n) is 16.9. The Kier molecular flexibility index (Phi) is 3.63. The summed E-state index contributed by atoms with van der Waals surface area (Å²) in [4.78, 5) is 28.3. The number of likely N-dealkylation sites (N-methyl/N-ethyl adjacent to an activating group) is 1. The molecular formula is C23H21N5O2. The molecule has 6 rings (SSSR count). The van der Waals surface area contributed by atoms with E-state index in [9.17, 15) is 4.79 Å². The van der Waals surface area contributed by atoms with E-state index in [0.717, 1.165) is 46.4 Å². The van der Waals surface area contributed by atoms with Crippen LogP contribution in [-0.2, 0) is 11.3 Å². The molecule has 4 aromatic rings. The lowest BCUT2D eigenvalue weighted by Gasteiger charge is -2.31. The van der Waals surface area contributed by atoms with Gasteiger partial charge < -0.3 is 13.9 Å². The second-order valence-corrected chi connectivity index (χ2v) is 8.21. The Hall–Kier alpha value is -3.48. The average Bonchev–Trinajstić information content (AvgIpc) is 3.31. The highest BCUT2D eigenvalue weighted by Gasteiger charge is 2.38. The van der Waals surface area contributed by atoms with E-state index in [4.69, 9.17) is 9.40 Å². The molecule has 4 heterocycles. The molecule has 0 N–H and O–H groups in total. The Morgan fingerprint density at radius 2 is 2.07 bits per heavy atom. The van der Waals surface area contributed by atoms with Crippen molar-refractivity contribution in [3.8, 4) is 22.8 Å². The number of imidazole rings is 1. The van der Waals surface area contributed by atoms with Crippen molar-refractivity contribution in [2.24, 2.45) is 0 Å². The van der Waals surface area contributed by atoms with Gasteiger partial charge in [0.15, 0.2) is 0 Å². The first kappa shape index (κ1) is 17.4. The zero-order valence-corrected chi connectivity index (χ0v) is 16.9. The number of nitrogens with zero attached hydrogens (tertiary/aromatic N) is 5. The first-order valence-electron chi connectivity index (χ1n) is 10.3. The van der Waals surface area contributed by atoms with E-state index in [2.05, 4.69) is 26.7 Å². The number of fused-ring (bicyclic) bond motifs is 2. The first-order chi connectivity index (χ1) is 14.6. The third kappa shape index (κ3) is 2.51. The van der Waals surface area contributed by atoms with E-state index in [1.807, 2.05) is 32.3 Å². The highest BCUT2D eigenvalue weighted by molar-refractivity contribution is 5.97. The summed E-state index contributed by atoms with van der Waals surface area (Å²) in [5, 5.41) is 2.09. The lowest BCUT2D eigenvalue weighted by Crippen LogP contribution is -2.39. The van der Waals surface area contributed by atoms with Crippen LogP contribution in [0.1, 0.15) is 43.2 Å². The molecule has 0 spiro atoms. The summed E-state index contributed by atoms with van der Waals surface area (Å²) in [7, 11) is 1.86. The molecule has 1 aliphatic heterocycles. The summed E-state index contributed by atoms with van der Waals surface area (Å²) in [6.07, 6.45) is 7.32. The van der Waals surface area contributed by atoms with Gasteiger partial charge in [-0.15, -0.1) is 0 Å². The Bertz CT molecular complexity index is 1290. The van der Waals surface area contributed by atoms with E-state index in [0.29, 0.717) is 24.0 Å². The number of carbonyl (C=O) groups is 1. The van der Waals surface area contributed by atoms with Crippen LogP contribution in [0.3, 0.4) is 0 Å². The molecule has 1 aliphatic carbocycles. The van der Waals surface area contributed by atoms with Gasteiger partial charge in [0.25, 0.3) is 0 Å². The van der Waals surface area contributed by atoms with Gasteiger partial charge in [-0.2, -0.15) is 0 Å². The normalized spacial score (nSPS) is 18.8. The van der Waals surface area contributed by atoms with Crippen molar-refractivity contribution in [1.82, 2.24) is 24.4 Å². The molecule has 7 nitrogen and oxygen atoms in total. The quantitative estimate of drug-likeness (QED) is 0.517. The van der Waals surface area contributed by atoms with Crippen LogP contribution in [0.2, 0.25) is 0 Å². The summed E-state index contributed by atoms with van der Waals surface area (Å²) >= 11 is 0. The number of hydrogen-bond donors (Lipinski definition) is 0. The summed E-state index contributed by atoms with van der Waals surface area (Å²) in [6.45, 7) is 2.54. The van der Waals surface area contributed by atoms with E-state index in [1.54, 1.807) is 17.4 Å². The Labute approximate surface area is 173 Å². The fourth-order valence-electron chi connectivity index (χ4n) is 4.49. The predicted octanol–water partition coefficient (Wildman–Crippen LogP) is 4.16. The Morgan fingerprint density at radius 1 is 1.20 bits per heavy atom. The number of amides is 1. The van der Waals surface area contributed by atoms with Gasteiger partial charge in [0, 0.05) is 30.1 Å². The van der Waals surface area contributed by atoms with Crippen molar-refractivity contribution < 1.29 is 9.21 Å². The standard InChI is InChI=1S/C23H21N5O2/c1-13-23(29)27(2)12-19-20(26-21(28(13)19)14-6-7-14)16-5-3-4-15-10-18(25-11-17(15)16)22-24-8-9-30-22/h3-5,8-11,13-14H,6-7,12H2,1-2H3/t13-/m1/s1. The van der Waals surface area contributed by atoms with Gasteiger partial charge in [0.2, 0.25) is 11.8 Å². The summed E-state index contributed by atoms with van der Waals surface area (Å²) in [5.41, 5.74) is 3.81. The van der Waals surface area contributed by atoms with E-state index in [1.165, 1.54) is 0 Å². The van der Waals surface area contributed by atoms with E-state index < -0.39 is 0 Å².